The van der Waals surface area contributed by atoms with Gasteiger partial charge in [-0.25, -0.2) is 4.57 Å². The van der Waals surface area contributed by atoms with E-state index in [1.807, 2.05) is 0 Å². The zero-order valence-corrected chi connectivity index (χ0v) is 12.1. The number of rotatable bonds is 7. The van der Waals surface area contributed by atoms with Gasteiger partial charge in [0.15, 0.2) is 5.17 Å². The molecular formula is C8H16Cl2NO4P. The predicted molar refractivity (Wildman–Crippen MR) is 65.1 cm³/mol. The second-order valence-corrected chi connectivity index (χ2v) is 5.62. The summed E-state index contributed by atoms with van der Waals surface area (Å²) >= 11 is 10.9. The molecule has 0 aliphatic carbocycles. The lowest BCUT2D eigenvalue weighted by Crippen LogP contribution is -2.09. The van der Waals surface area contributed by atoms with Gasteiger partial charge in [0.05, 0.1) is 18.1 Å². The molecule has 0 saturated carbocycles. The predicted octanol–water partition coefficient (Wildman–Crippen LogP) is 3.75. The maximum absolute atomic E-state index is 12.0. The fourth-order valence-electron chi connectivity index (χ4n) is 0.698. The van der Waals surface area contributed by atoms with Crippen molar-refractivity contribution in [2.75, 3.05) is 5.88 Å². The van der Waals surface area contributed by atoms with Crippen LogP contribution < -0.4 is 0 Å². The number of oxime groups is 1. The molecule has 0 spiro atoms. The quantitative estimate of drug-likeness (QED) is 0.310. The van der Waals surface area contributed by atoms with Crippen molar-refractivity contribution in [2.45, 2.75) is 39.9 Å². The minimum Gasteiger partial charge on any atom is -0.291 e. The van der Waals surface area contributed by atoms with E-state index in [2.05, 4.69) is 9.78 Å². The van der Waals surface area contributed by atoms with E-state index in [4.69, 9.17) is 32.2 Å². The smallest absolute Gasteiger partial charge is 0.291 e. The van der Waals surface area contributed by atoms with Gasteiger partial charge in [0.1, 0.15) is 0 Å². The van der Waals surface area contributed by atoms with E-state index in [0.29, 0.717) is 0 Å². The molecule has 0 rings (SSSR count). The summed E-state index contributed by atoms with van der Waals surface area (Å²) in [5, 5.41) is 3.33. The van der Waals surface area contributed by atoms with E-state index in [0.717, 1.165) is 0 Å². The third-order valence-corrected chi connectivity index (χ3v) is 3.26. The third-order valence-electron chi connectivity index (χ3n) is 1.03. The maximum Gasteiger partial charge on any atom is 0.551 e. The van der Waals surface area contributed by atoms with Crippen molar-refractivity contribution >= 4 is 36.2 Å². The van der Waals surface area contributed by atoms with Gasteiger partial charge in [-0.05, 0) is 27.7 Å². The number of phosphoric acid groups is 1. The monoisotopic (exact) mass is 291 g/mol. The van der Waals surface area contributed by atoms with E-state index >= 15 is 0 Å². The van der Waals surface area contributed by atoms with Crippen molar-refractivity contribution in [3.8, 4) is 0 Å². The molecule has 0 N–H and O–H groups in total. The molecule has 0 aliphatic heterocycles. The molecule has 0 bridgehead atoms. The van der Waals surface area contributed by atoms with Crippen LogP contribution in [0.3, 0.4) is 0 Å². The fourth-order valence-corrected chi connectivity index (χ4v) is 2.19. The number of halogens is 2. The lowest BCUT2D eigenvalue weighted by molar-refractivity contribution is 0.0741. The third kappa shape index (κ3) is 7.47. The molecule has 16 heavy (non-hydrogen) atoms. The first kappa shape index (κ1) is 16.2. The highest BCUT2D eigenvalue weighted by molar-refractivity contribution is 7.48. The SMILES string of the molecule is CC(C)OP(=O)(O/N=C(\Cl)CCl)OC(C)C. The van der Waals surface area contributed by atoms with Crippen LogP contribution in [0.15, 0.2) is 5.16 Å². The molecule has 0 aromatic heterocycles. The fraction of sp³-hybridized carbons (Fsp3) is 0.875. The molecule has 0 aromatic carbocycles. The van der Waals surface area contributed by atoms with Crippen molar-refractivity contribution in [2.24, 2.45) is 5.16 Å². The molecule has 8 heteroatoms. The summed E-state index contributed by atoms with van der Waals surface area (Å²) in [6.07, 6.45) is -0.649. The van der Waals surface area contributed by atoms with Crippen molar-refractivity contribution < 1.29 is 18.2 Å². The van der Waals surface area contributed by atoms with Crippen molar-refractivity contribution in [3.63, 3.8) is 0 Å². The highest BCUT2D eigenvalue weighted by atomic mass is 35.5. The summed E-state index contributed by atoms with van der Waals surface area (Å²) in [4.78, 5) is 0. The molecule has 0 atom stereocenters. The maximum atomic E-state index is 12.0. The topological polar surface area (TPSA) is 57.1 Å². The minimum atomic E-state index is -3.73. The van der Waals surface area contributed by atoms with E-state index in [-0.39, 0.29) is 23.3 Å². The molecule has 0 radical (unpaired) electrons. The summed E-state index contributed by atoms with van der Waals surface area (Å²) in [7, 11) is -3.73. The van der Waals surface area contributed by atoms with Crippen molar-refractivity contribution in [3.05, 3.63) is 0 Å². The summed E-state index contributed by atoms with van der Waals surface area (Å²) < 4.78 is 26.8. The molecular weight excluding hydrogens is 276 g/mol. The van der Waals surface area contributed by atoms with Crippen LogP contribution in [0.2, 0.25) is 0 Å². The van der Waals surface area contributed by atoms with Gasteiger partial charge in [0.25, 0.3) is 0 Å². The largest absolute Gasteiger partial charge is 0.551 e. The Labute approximate surface area is 106 Å². The van der Waals surface area contributed by atoms with E-state index in [9.17, 15) is 4.57 Å². The van der Waals surface area contributed by atoms with Crippen molar-refractivity contribution in [1.29, 1.82) is 0 Å². The van der Waals surface area contributed by atoms with Gasteiger partial charge >= 0.3 is 7.82 Å². The van der Waals surface area contributed by atoms with Gasteiger partial charge in [-0.2, -0.15) is 0 Å². The van der Waals surface area contributed by atoms with E-state index in [1.165, 1.54) is 0 Å². The normalized spacial score (nSPS) is 13.6. The van der Waals surface area contributed by atoms with Crippen LogP contribution in [0.5, 0.6) is 0 Å². The highest BCUT2D eigenvalue weighted by Gasteiger charge is 2.31. The molecule has 0 fully saturated rings. The summed E-state index contributed by atoms with van der Waals surface area (Å²) in [5.74, 6) is -0.0368. The average molecular weight is 292 g/mol. The van der Waals surface area contributed by atoms with Crippen LogP contribution in [-0.4, -0.2) is 23.3 Å². The second kappa shape index (κ2) is 7.51. The van der Waals surface area contributed by atoms with Crippen LogP contribution in [-0.2, 0) is 18.2 Å². The minimum absolute atomic E-state index is 0.0263. The standard InChI is InChI=1S/C8H16Cl2NO4P/c1-6(2)13-16(12,14-7(3)4)15-11-8(10)5-9/h6-7H,5H2,1-4H3/b11-8-. The zero-order valence-electron chi connectivity index (χ0n) is 9.65. The summed E-state index contributed by atoms with van der Waals surface area (Å²) in [6.45, 7) is 6.80. The molecule has 0 amide bonds. The van der Waals surface area contributed by atoms with Gasteiger partial charge in [-0.15, -0.1) is 11.6 Å². The molecule has 0 aliphatic rings. The lowest BCUT2D eigenvalue weighted by Gasteiger charge is -2.19. The zero-order chi connectivity index (χ0) is 12.8. The van der Waals surface area contributed by atoms with Crippen LogP contribution in [0, 0.1) is 0 Å². The number of phosphoric ester groups is 1. The first-order chi connectivity index (χ1) is 7.29. The lowest BCUT2D eigenvalue weighted by atomic mass is 10.5. The van der Waals surface area contributed by atoms with Gasteiger partial charge in [-0.3, -0.25) is 13.7 Å². The Morgan fingerprint density at radius 2 is 1.69 bits per heavy atom. The van der Waals surface area contributed by atoms with Gasteiger partial charge in [0, 0.05) is 0 Å². The molecule has 0 unspecified atom stereocenters. The number of hydrogen-bond acceptors (Lipinski definition) is 5. The van der Waals surface area contributed by atoms with Gasteiger partial charge < -0.3 is 0 Å². The van der Waals surface area contributed by atoms with Crippen molar-refractivity contribution in [1.82, 2.24) is 0 Å². The van der Waals surface area contributed by atoms with Gasteiger partial charge in [-0.1, -0.05) is 16.8 Å². The van der Waals surface area contributed by atoms with Crippen LogP contribution in [0.25, 0.3) is 0 Å². The molecule has 5 nitrogen and oxygen atoms in total. The Morgan fingerprint density at radius 3 is 2.00 bits per heavy atom. The molecule has 96 valence electrons. The number of hydrogen-bond donors (Lipinski definition) is 0. The summed E-state index contributed by atoms with van der Waals surface area (Å²) in [6, 6.07) is 0. The first-order valence-electron chi connectivity index (χ1n) is 4.73. The molecule has 0 aromatic rings. The Balaban J connectivity index is 4.60. The van der Waals surface area contributed by atoms with Crippen LogP contribution >= 0.6 is 31.0 Å². The summed E-state index contributed by atoms with van der Waals surface area (Å²) in [5.41, 5.74) is 0. The number of alkyl halides is 1. The van der Waals surface area contributed by atoms with E-state index < -0.39 is 7.82 Å². The highest BCUT2D eigenvalue weighted by Crippen LogP contribution is 2.51. The Morgan fingerprint density at radius 1 is 1.25 bits per heavy atom. The Bertz CT molecular complexity index is 269. The van der Waals surface area contributed by atoms with Crippen LogP contribution in [0.1, 0.15) is 27.7 Å². The Hall–Kier alpha value is 0.200. The van der Waals surface area contributed by atoms with Crippen LogP contribution in [0.4, 0.5) is 0 Å². The molecule has 0 heterocycles. The Kier molecular flexibility index (Phi) is 7.61. The first-order valence-corrected chi connectivity index (χ1v) is 7.10. The number of nitrogens with zero attached hydrogens (tertiary/aromatic N) is 1. The van der Waals surface area contributed by atoms with Gasteiger partial charge in [0.2, 0.25) is 0 Å². The van der Waals surface area contributed by atoms with E-state index in [1.54, 1.807) is 27.7 Å². The second-order valence-electron chi connectivity index (χ2n) is 3.44. The average Bonchev–Trinajstić information content (AvgIpc) is 2.11. The molecule has 0 saturated heterocycles.